The average molecular weight is 387 g/mol. The van der Waals surface area contributed by atoms with Crippen molar-refractivity contribution in [1.82, 2.24) is 9.88 Å². The number of carboxylic acid groups (broad SMARTS) is 1. The van der Waals surface area contributed by atoms with E-state index in [1.165, 1.54) is 6.07 Å². The number of anilines is 1. The topological polar surface area (TPSA) is 86.9 Å². The molecule has 0 saturated carbocycles. The molecule has 0 aliphatic carbocycles. The molecule has 2 heterocycles. The third-order valence-corrected chi connectivity index (χ3v) is 5.12. The smallest absolute Gasteiger partial charge is 1.00 e. The molecule has 2 aromatic carbocycles. The van der Waals surface area contributed by atoms with Crippen molar-refractivity contribution >= 4 is 29.0 Å². The van der Waals surface area contributed by atoms with E-state index in [1.54, 1.807) is 12.1 Å². The van der Waals surface area contributed by atoms with E-state index in [4.69, 9.17) is 4.42 Å². The number of carbonyl (C=O) groups is 2. The summed E-state index contributed by atoms with van der Waals surface area (Å²) in [5.41, 5.74) is 1.86. The predicted molar refractivity (Wildman–Crippen MR) is 105 cm³/mol. The summed E-state index contributed by atoms with van der Waals surface area (Å²) in [6.07, 6.45) is 0. The van der Waals surface area contributed by atoms with E-state index < -0.39 is 12.0 Å². The third-order valence-electron chi connectivity index (χ3n) is 5.12. The van der Waals surface area contributed by atoms with Crippen LogP contribution in [0.5, 0.6) is 0 Å². The number of para-hydroxylation sites is 1. The summed E-state index contributed by atoms with van der Waals surface area (Å²) in [4.78, 5) is 32.5. The van der Waals surface area contributed by atoms with E-state index in [-0.39, 0.29) is 43.8 Å². The standard InChI is InChI=1S/C21H21N3O4.Li.H/c1-13-11-23(12-15-7-4-3-5-8-15)19(25)14(2)24(13)21-22-18-16(20(26)27)9-6-10-17(18)28-21;;/h3-10,13-14H,11-12H2,1-2H3,(H,26,27);;/q;+1;-1. The quantitative estimate of drug-likeness (QED) is 0.647. The zero-order valence-electron chi connectivity index (χ0n) is 17.7. The van der Waals surface area contributed by atoms with Crippen LogP contribution < -0.4 is 23.8 Å². The second kappa shape index (κ2) is 8.32. The first-order chi connectivity index (χ1) is 13.5. The van der Waals surface area contributed by atoms with Gasteiger partial charge in [-0.05, 0) is 31.5 Å². The van der Waals surface area contributed by atoms with Gasteiger partial charge in [-0.1, -0.05) is 36.4 Å². The maximum atomic E-state index is 13.0. The van der Waals surface area contributed by atoms with Gasteiger partial charge in [0.25, 0.3) is 6.01 Å². The Balaban J connectivity index is 0.00000160. The van der Waals surface area contributed by atoms with Gasteiger partial charge in [-0.2, -0.15) is 4.98 Å². The van der Waals surface area contributed by atoms with Gasteiger partial charge in [0.15, 0.2) is 5.58 Å². The van der Waals surface area contributed by atoms with Crippen LogP contribution in [-0.2, 0) is 11.3 Å². The molecule has 3 aromatic rings. The number of oxazole rings is 1. The second-order valence-electron chi connectivity index (χ2n) is 7.09. The summed E-state index contributed by atoms with van der Waals surface area (Å²) in [7, 11) is 0. The first-order valence-electron chi connectivity index (χ1n) is 9.19. The van der Waals surface area contributed by atoms with Crippen molar-refractivity contribution in [2.45, 2.75) is 32.5 Å². The summed E-state index contributed by atoms with van der Waals surface area (Å²) in [6, 6.07) is 14.5. The van der Waals surface area contributed by atoms with Gasteiger partial charge >= 0.3 is 24.8 Å². The molecule has 7 nitrogen and oxygen atoms in total. The molecule has 0 radical (unpaired) electrons. The molecule has 1 aliphatic rings. The molecular weight excluding hydrogens is 365 g/mol. The molecule has 8 heteroatoms. The minimum absolute atomic E-state index is 0. The molecule has 29 heavy (non-hydrogen) atoms. The Morgan fingerprint density at radius 1 is 1.21 bits per heavy atom. The van der Waals surface area contributed by atoms with Crippen molar-refractivity contribution in [3.05, 3.63) is 59.7 Å². The van der Waals surface area contributed by atoms with E-state index in [2.05, 4.69) is 4.98 Å². The predicted octanol–water partition coefficient (Wildman–Crippen LogP) is 0.268. The van der Waals surface area contributed by atoms with Crippen LogP contribution in [0.4, 0.5) is 6.01 Å². The number of nitrogens with zero attached hydrogens (tertiary/aromatic N) is 3. The fraction of sp³-hybridized carbons (Fsp3) is 0.286. The SMILES string of the molecule is CC1CN(Cc2ccccc2)C(=O)C(C)N1c1nc2c(C(=O)O)cccc2o1.[H-].[Li+]. The molecule has 1 N–H and O–H groups in total. The summed E-state index contributed by atoms with van der Waals surface area (Å²) in [5.74, 6) is -1.07. The number of fused-ring (bicyclic) bond motifs is 1. The Morgan fingerprint density at radius 2 is 1.93 bits per heavy atom. The molecule has 1 aliphatic heterocycles. The molecular formula is C21H22LiN3O4. The van der Waals surface area contributed by atoms with Crippen LogP contribution in [0, 0.1) is 0 Å². The van der Waals surface area contributed by atoms with Crippen LogP contribution >= 0.6 is 0 Å². The van der Waals surface area contributed by atoms with Crippen molar-refractivity contribution in [1.29, 1.82) is 0 Å². The van der Waals surface area contributed by atoms with E-state index in [1.807, 2.05) is 54.0 Å². The Labute approximate surface area is 182 Å². The number of rotatable bonds is 4. The van der Waals surface area contributed by atoms with Gasteiger partial charge in [0.05, 0.1) is 5.56 Å². The van der Waals surface area contributed by atoms with E-state index in [9.17, 15) is 14.7 Å². The van der Waals surface area contributed by atoms with Crippen molar-refractivity contribution in [2.24, 2.45) is 0 Å². The van der Waals surface area contributed by atoms with Crippen molar-refractivity contribution in [2.75, 3.05) is 11.4 Å². The molecule has 0 spiro atoms. The van der Waals surface area contributed by atoms with Crippen LogP contribution in [0.15, 0.2) is 52.9 Å². The minimum Gasteiger partial charge on any atom is -1.00 e. The van der Waals surface area contributed by atoms with Crippen molar-refractivity contribution < 1.29 is 39.4 Å². The summed E-state index contributed by atoms with van der Waals surface area (Å²) in [5, 5.41) is 9.37. The van der Waals surface area contributed by atoms with Crippen LogP contribution in [0.25, 0.3) is 11.1 Å². The zero-order valence-corrected chi connectivity index (χ0v) is 16.7. The Kier molecular flexibility index (Phi) is 6.01. The number of carboxylic acids is 1. The van der Waals surface area contributed by atoms with Gasteiger partial charge in [0.2, 0.25) is 5.91 Å². The number of hydrogen-bond acceptors (Lipinski definition) is 5. The molecule has 1 saturated heterocycles. The number of hydrogen-bond donors (Lipinski definition) is 1. The normalized spacial score (nSPS) is 19.3. The first kappa shape index (κ1) is 21.0. The van der Waals surface area contributed by atoms with E-state index in [0.717, 1.165) is 5.56 Å². The fourth-order valence-electron chi connectivity index (χ4n) is 3.78. The van der Waals surface area contributed by atoms with Gasteiger partial charge in [-0.3, -0.25) is 4.79 Å². The number of piperazine rings is 1. The van der Waals surface area contributed by atoms with Gasteiger partial charge in [-0.15, -0.1) is 0 Å². The maximum absolute atomic E-state index is 13.0. The van der Waals surface area contributed by atoms with Crippen LogP contribution in [0.2, 0.25) is 0 Å². The number of aromatic carboxylic acids is 1. The van der Waals surface area contributed by atoms with Crippen molar-refractivity contribution in [3.63, 3.8) is 0 Å². The minimum atomic E-state index is -1.06. The Hall–Kier alpha value is -2.75. The molecule has 2 unspecified atom stereocenters. The molecule has 4 rings (SSSR count). The fourth-order valence-corrected chi connectivity index (χ4v) is 3.78. The Morgan fingerprint density at radius 3 is 2.62 bits per heavy atom. The van der Waals surface area contributed by atoms with Gasteiger partial charge in [0, 0.05) is 19.1 Å². The van der Waals surface area contributed by atoms with Gasteiger partial charge < -0.3 is 20.8 Å². The first-order valence-corrected chi connectivity index (χ1v) is 9.19. The summed E-state index contributed by atoms with van der Waals surface area (Å²) < 4.78 is 5.82. The summed E-state index contributed by atoms with van der Waals surface area (Å²) >= 11 is 0. The van der Waals surface area contributed by atoms with E-state index in [0.29, 0.717) is 24.2 Å². The average Bonchev–Trinajstić information content (AvgIpc) is 3.10. The summed E-state index contributed by atoms with van der Waals surface area (Å²) in [6.45, 7) is 4.92. The Bertz CT molecular complexity index is 1040. The zero-order chi connectivity index (χ0) is 19.8. The molecule has 2 atom stereocenters. The molecule has 1 aromatic heterocycles. The molecule has 1 amide bonds. The molecule has 0 bridgehead atoms. The van der Waals surface area contributed by atoms with Crippen molar-refractivity contribution in [3.8, 4) is 0 Å². The largest absolute Gasteiger partial charge is 1.00 e. The number of benzene rings is 2. The van der Waals surface area contributed by atoms with Gasteiger partial charge in [-0.25, -0.2) is 4.79 Å². The van der Waals surface area contributed by atoms with Crippen LogP contribution in [0.3, 0.4) is 0 Å². The number of carbonyl (C=O) groups excluding carboxylic acids is 1. The van der Waals surface area contributed by atoms with E-state index >= 15 is 0 Å². The van der Waals surface area contributed by atoms with Crippen LogP contribution in [-0.4, -0.2) is 45.5 Å². The number of aromatic nitrogens is 1. The molecule has 146 valence electrons. The van der Waals surface area contributed by atoms with Gasteiger partial charge in [0.1, 0.15) is 11.6 Å². The maximum Gasteiger partial charge on any atom is 1.00 e. The van der Waals surface area contributed by atoms with Crippen LogP contribution in [0.1, 0.15) is 31.2 Å². The number of amides is 1. The monoisotopic (exact) mass is 387 g/mol. The third kappa shape index (κ3) is 3.89. The molecule has 1 fully saturated rings. The second-order valence-corrected chi connectivity index (χ2v) is 7.09.